The molecule has 1 rings (SSSR count). The van der Waals surface area contributed by atoms with Gasteiger partial charge in [-0.25, -0.2) is 9.59 Å². The second-order valence-electron chi connectivity index (χ2n) is 5.88. The average molecular weight is 310 g/mol. The van der Waals surface area contributed by atoms with Gasteiger partial charge >= 0.3 is 11.9 Å². The minimum Gasteiger partial charge on any atom is -0.463 e. The van der Waals surface area contributed by atoms with Gasteiger partial charge in [0.05, 0.1) is 6.61 Å². The smallest absolute Gasteiger partial charge is 0.359 e. The molecule has 0 N–H and O–H groups in total. The summed E-state index contributed by atoms with van der Waals surface area (Å²) in [4.78, 5) is 24.3. The Balaban J connectivity index is 2.73. The van der Waals surface area contributed by atoms with Crippen molar-refractivity contribution in [2.24, 2.45) is 13.0 Å². The van der Waals surface area contributed by atoms with Gasteiger partial charge in [-0.3, -0.25) is 4.68 Å². The van der Waals surface area contributed by atoms with E-state index in [9.17, 15) is 9.59 Å². The van der Waals surface area contributed by atoms with E-state index in [-0.39, 0.29) is 11.6 Å². The van der Waals surface area contributed by atoms with E-state index in [2.05, 4.69) is 5.10 Å². The zero-order valence-electron chi connectivity index (χ0n) is 14.1. The van der Waals surface area contributed by atoms with Crippen LogP contribution in [0.15, 0.2) is 6.20 Å². The summed E-state index contributed by atoms with van der Waals surface area (Å²) in [6.45, 7) is 8.08. The SMILES string of the molecule is CCCCOC(=O)[C@@H](CC(C)C)OC(=O)c1nn(C)cc1C. The van der Waals surface area contributed by atoms with Crippen LogP contribution in [-0.4, -0.2) is 34.4 Å². The third kappa shape index (κ3) is 5.50. The highest BCUT2D eigenvalue weighted by atomic mass is 16.6. The molecule has 1 atom stereocenters. The van der Waals surface area contributed by atoms with Gasteiger partial charge in [0.2, 0.25) is 0 Å². The number of esters is 2. The summed E-state index contributed by atoms with van der Waals surface area (Å²) in [5, 5.41) is 4.07. The Morgan fingerprint density at radius 2 is 2.05 bits per heavy atom. The Hall–Kier alpha value is -1.85. The van der Waals surface area contributed by atoms with Crippen molar-refractivity contribution in [2.45, 2.75) is 53.1 Å². The van der Waals surface area contributed by atoms with Crippen molar-refractivity contribution in [2.75, 3.05) is 6.61 Å². The maximum Gasteiger partial charge on any atom is 0.359 e. The van der Waals surface area contributed by atoms with Crippen LogP contribution in [0.4, 0.5) is 0 Å². The number of rotatable bonds is 8. The summed E-state index contributed by atoms with van der Waals surface area (Å²) < 4.78 is 12.1. The van der Waals surface area contributed by atoms with E-state index < -0.39 is 18.0 Å². The van der Waals surface area contributed by atoms with Gasteiger partial charge in [0.25, 0.3) is 0 Å². The number of unbranched alkanes of at least 4 members (excludes halogenated alkanes) is 1. The molecular formula is C16H26N2O4. The fourth-order valence-electron chi connectivity index (χ4n) is 2.02. The summed E-state index contributed by atoms with van der Waals surface area (Å²) in [5.41, 5.74) is 0.952. The summed E-state index contributed by atoms with van der Waals surface area (Å²) in [5.74, 6) is -0.860. The van der Waals surface area contributed by atoms with Crippen molar-refractivity contribution in [3.63, 3.8) is 0 Å². The second kappa shape index (κ2) is 8.56. The molecule has 6 heteroatoms. The lowest BCUT2D eigenvalue weighted by Gasteiger charge is -2.18. The zero-order valence-corrected chi connectivity index (χ0v) is 14.1. The average Bonchev–Trinajstić information content (AvgIpc) is 2.76. The first-order valence-electron chi connectivity index (χ1n) is 7.73. The Morgan fingerprint density at radius 3 is 2.55 bits per heavy atom. The van der Waals surface area contributed by atoms with E-state index >= 15 is 0 Å². The van der Waals surface area contributed by atoms with Gasteiger partial charge in [0, 0.05) is 18.8 Å². The molecule has 22 heavy (non-hydrogen) atoms. The molecule has 0 amide bonds. The number of hydrogen-bond acceptors (Lipinski definition) is 5. The molecule has 0 fully saturated rings. The molecule has 1 aromatic heterocycles. The molecule has 0 saturated carbocycles. The first-order chi connectivity index (χ1) is 10.3. The van der Waals surface area contributed by atoms with Crippen molar-refractivity contribution >= 4 is 11.9 Å². The largest absolute Gasteiger partial charge is 0.463 e. The van der Waals surface area contributed by atoms with Crippen LogP contribution < -0.4 is 0 Å². The second-order valence-corrected chi connectivity index (χ2v) is 5.88. The monoisotopic (exact) mass is 310 g/mol. The van der Waals surface area contributed by atoms with Gasteiger partial charge in [0.15, 0.2) is 11.8 Å². The predicted molar refractivity (Wildman–Crippen MR) is 82.5 cm³/mol. The molecular weight excluding hydrogens is 284 g/mol. The molecule has 0 saturated heterocycles. The van der Waals surface area contributed by atoms with Crippen molar-refractivity contribution in [3.05, 3.63) is 17.5 Å². The van der Waals surface area contributed by atoms with Gasteiger partial charge in [-0.2, -0.15) is 5.10 Å². The number of ether oxygens (including phenoxy) is 2. The number of carbonyl (C=O) groups excluding carboxylic acids is 2. The van der Waals surface area contributed by atoms with Gasteiger partial charge in [-0.05, 0) is 25.7 Å². The first kappa shape index (κ1) is 18.2. The lowest BCUT2D eigenvalue weighted by atomic mass is 10.1. The maximum absolute atomic E-state index is 12.2. The van der Waals surface area contributed by atoms with E-state index in [0.717, 1.165) is 18.4 Å². The summed E-state index contributed by atoms with van der Waals surface area (Å²) in [6.07, 6.45) is 3.02. The minimum atomic E-state index is -0.884. The highest BCUT2D eigenvalue weighted by molar-refractivity contribution is 5.90. The van der Waals surface area contributed by atoms with Crippen molar-refractivity contribution in [1.29, 1.82) is 0 Å². The third-order valence-corrected chi connectivity index (χ3v) is 3.14. The Bertz CT molecular complexity index is 508. The Morgan fingerprint density at radius 1 is 1.36 bits per heavy atom. The fraction of sp³-hybridized carbons (Fsp3) is 0.688. The predicted octanol–water partition coefficient (Wildman–Crippen LogP) is 2.64. The lowest BCUT2D eigenvalue weighted by Crippen LogP contribution is -2.31. The van der Waals surface area contributed by atoms with Crippen LogP contribution in [-0.2, 0) is 21.3 Å². The Labute approximate surface area is 131 Å². The molecule has 0 unspecified atom stereocenters. The summed E-state index contributed by atoms with van der Waals surface area (Å²) in [7, 11) is 1.73. The number of carbonyl (C=O) groups is 2. The van der Waals surface area contributed by atoms with Crippen LogP contribution >= 0.6 is 0 Å². The van der Waals surface area contributed by atoms with Crippen LogP contribution in [0.1, 0.15) is 56.1 Å². The number of hydrogen-bond donors (Lipinski definition) is 0. The van der Waals surface area contributed by atoms with Crippen LogP contribution in [0.5, 0.6) is 0 Å². The molecule has 0 radical (unpaired) electrons. The molecule has 1 heterocycles. The standard InChI is InChI=1S/C16H26N2O4/c1-6-7-8-21-15(19)13(9-11(2)3)22-16(20)14-12(4)10-18(5)17-14/h10-11,13H,6-9H2,1-5H3/t13-/m1/s1. The van der Waals surface area contributed by atoms with Crippen LogP contribution in [0.3, 0.4) is 0 Å². The van der Waals surface area contributed by atoms with Gasteiger partial charge < -0.3 is 9.47 Å². The van der Waals surface area contributed by atoms with E-state index in [1.807, 2.05) is 20.8 Å². The van der Waals surface area contributed by atoms with E-state index in [4.69, 9.17) is 9.47 Å². The normalized spacial score (nSPS) is 12.3. The van der Waals surface area contributed by atoms with Crippen LogP contribution in [0, 0.1) is 12.8 Å². The third-order valence-electron chi connectivity index (χ3n) is 3.14. The van der Waals surface area contributed by atoms with Crippen molar-refractivity contribution in [3.8, 4) is 0 Å². The summed E-state index contributed by atoms with van der Waals surface area (Å²) in [6, 6.07) is 0. The topological polar surface area (TPSA) is 70.4 Å². The zero-order chi connectivity index (χ0) is 16.7. The van der Waals surface area contributed by atoms with Crippen LogP contribution in [0.2, 0.25) is 0 Å². The molecule has 124 valence electrons. The summed E-state index contributed by atoms with van der Waals surface area (Å²) >= 11 is 0. The van der Waals surface area contributed by atoms with Gasteiger partial charge in [-0.15, -0.1) is 0 Å². The highest BCUT2D eigenvalue weighted by Gasteiger charge is 2.27. The van der Waals surface area contributed by atoms with Gasteiger partial charge in [0.1, 0.15) is 0 Å². The Kier molecular flexibility index (Phi) is 7.08. The highest BCUT2D eigenvalue weighted by Crippen LogP contribution is 2.14. The molecule has 0 aromatic carbocycles. The first-order valence-corrected chi connectivity index (χ1v) is 7.73. The quantitative estimate of drug-likeness (QED) is 0.545. The molecule has 0 spiro atoms. The van der Waals surface area contributed by atoms with E-state index in [0.29, 0.717) is 13.0 Å². The van der Waals surface area contributed by atoms with E-state index in [1.165, 1.54) is 0 Å². The van der Waals surface area contributed by atoms with Crippen LogP contribution in [0.25, 0.3) is 0 Å². The molecule has 0 aliphatic heterocycles. The maximum atomic E-state index is 12.2. The molecule has 6 nitrogen and oxygen atoms in total. The van der Waals surface area contributed by atoms with Crippen molar-refractivity contribution in [1.82, 2.24) is 9.78 Å². The fourth-order valence-corrected chi connectivity index (χ4v) is 2.02. The molecule has 0 bridgehead atoms. The molecule has 0 aliphatic rings. The number of aromatic nitrogens is 2. The number of nitrogens with zero attached hydrogens (tertiary/aromatic N) is 2. The lowest BCUT2D eigenvalue weighted by molar-refractivity contribution is -0.155. The number of aryl methyl sites for hydroxylation is 2. The molecule has 0 aliphatic carbocycles. The minimum absolute atomic E-state index is 0.210. The molecule has 1 aromatic rings. The van der Waals surface area contributed by atoms with E-state index in [1.54, 1.807) is 24.9 Å². The van der Waals surface area contributed by atoms with Crippen molar-refractivity contribution < 1.29 is 19.1 Å². The van der Waals surface area contributed by atoms with Gasteiger partial charge in [-0.1, -0.05) is 27.2 Å².